The molecule has 3 nitrogen and oxygen atoms in total. The van der Waals surface area contributed by atoms with Crippen LogP contribution in [0.2, 0.25) is 0 Å². The molecule has 0 spiro atoms. The molecule has 0 bridgehead atoms. The van der Waals surface area contributed by atoms with E-state index >= 15 is 0 Å². The number of carbonyl (C=O) groups is 1. The van der Waals surface area contributed by atoms with Crippen LogP contribution in [0.1, 0.15) is 51.0 Å². The highest BCUT2D eigenvalue weighted by atomic mass is 16.1. The van der Waals surface area contributed by atoms with E-state index in [4.69, 9.17) is 5.73 Å². The number of carbonyl (C=O) groups excluding carboxylic acids is 1. The first-order valence-electron chi connectivity index (χ1n) is 7.83. The van der Waals surface area contributed by atoms with Crippen LogP contribution in [-0.2, 0) is 11.2 Å². The molecule has 1 aromatic carbocycles. The van der Waals surface area contributed by atoms with Crippen molar-refractivity contribution in [2.45, 2.75) is 57.9 Å². The molecule has 0 aromatic heterocycles. The number of nitrogens with one attached hydrogen (secondary N) is 1. The fourth-order valence-electron chi connectivity index (χ4n) is 2.45. The lowest BCUT2D eigenvalue weighted by atomic mass is 10.1. The topological polar surface area (TPSA) is 55.1 Å². The SMILES string of the molecule is CCCCCc1ccc(NC(=O)CC(N)C2CC2)cc1. The van der Waals surface area contributed by atoms with E-state index in [0.29, 0.717) is 12.3 Å². The molecule has 1 aliphatic rings. The lowest BCUT2D eigenvalue weighted by Crippen LogP contribution is -2.28. The summed E-state index contributed by atoms with van der Waals surface area (Å²) >= 11 is 0. The number of nitrogens with two attached hydrogens (primary N) is 1. The van der Waals surface area contributed by atoms with Gasteiger partial charge in [0.2, 0.25) is 5.91 Å². The Kier molecular flexibility index (Phi) is 5.60. The van der Waals surface area contributed by atoms with Gasteiger partial charge in [-0.2, -0.15) is 0 Å². The molecule has 1 fully saturated rings. The zero-order valence-electron chi connectivity index (χ0n) is 12.4. The van der Waals surface area contributed by atoms with Crippen molar-refractivity contribution in [2.75, 3.05) is 5.32 Å². The highest BCUT2D eigenvalue weighted by molar-refractivity contribution is 5.91. The minimum atomic E-state index is 0.0307. The molecular formula is C17H26N2O. The van der Waals surface area contributed by atoms with Gasteiger partial charge in [0.15, 0.2) is 0 Å². The lowest BCUT2D eigenvalue weighted by Gasteiger charge is -2.11. The minimum Gasteiger partial charge on any atom is -0.327 e. The molecule has 0 aliphatic heterocycles. The van der Waals surface area contributed by atoms with E-state index in [2.05, 4.69) is 24.4 Å². The van der Waals surface area contributed by atoms with Gasteiger partial charge in [-0.1, -0.05) is 31.9 Å². The quantitative estimate of drug-likeness (QED) is 0.713. The summed E-state index contributed by atoms with van der Waals surface area (Å²) in [6, 6.07) is 8.21. The van der Waals surface area contributed by atoms with Gasteiger partial charge in [-0.25, -0.2) is 0 Å². The highest BCUT2D eigenvalue weighted by Crippen LogP contribution is 2.32. The van der Waals surface area contributed by atoms with Crippen molar-refractivity contribution in [3.8, 4) is 0 Å². The van der Waals surface area contributed by atoms with Crippen LogP contribution < -0.4 is 11.1 Å². The Morgan fingerprint density at radius 3 is 2.60 bits per heavy atom. The van der Waals surface area contributed by atoms with Crippen molar-refractivity contribution in [2.24, 2.45) is 11.7 Å². The number of benzene rings is 1. The number of amides is 1. The molecule has 3 heteroatoms. The van der Waals surface area contributed by atoms with Gasteiger partial charge >= 0.3 is 0 Å². The van der Waals surface area contributed by atoms with Gasteiger partial charge in [0, 0.05) is 18.2 Å². The fraction of sp³-hybridized carbons (Fsp3) is 0.588. The van der Waals surface area contributed by atoms with Crippen LogP contribution in [0.5, 0.6) is 0 Å². The van der Waals surface area contributed by atoms with Crippen LogP contribution in [0, 0.1) is 5.92 Å². The molecule has 0 saturated heterocycles. The Bertz CT molecular complexity index is 423. The second-order valence-corrected chi connectivity index (χ2v) is 5.91. The Labute approximate surface area is 121 Å². The van der Waals surface area contributed by atoms with Crippen LogP contribution in [0.4, 0.5) is 5.69 Å². The third kappa shape index (κ3) is 4.97. The van der Waals surface area contributed by atoms with Gasteiger partial charge in [0.1, 0.15) is 0 Å². The number of unbranched alkanes of at least 4 members (excludes halogenated alkanes) is 2. The smallest absolute Gasteiger partial charge is 0.225 e. The molecule has 0 heterocycles. The Balaban J connectivity index is 1.75. The average Bonchev–Trinajstić information content (AvgIpc) is 3.25. The summed E-state index contributed by atoms with van der Waals surface area (Å²) in [6.07, 6.45) is 7.67. The lowest BCUT2D eigenvalue weighted by molar-refractivity contribution is -0.116. The molecule has 1 saturated carbocycles. The summed E-state index contributed by atoms with van der Waals surface area (Å²) < 4.78 is 0. The minimum absolute atomic E-state index is 0.0307. The number of rotatable bonds is 8. The Hall–Kier alpha value is -1.35. The second kappa shape index (κ2) is 7.44. The third-order valence-electron chi connectivity index (χ3n) is 3.96. The first-order valence-corrected chi connectivity index (χ1v) is 7.83. The maximum absolute atomic E-state index is 11.9. The fourth-order valence-corrected chi connectivity index (χ4v) is 2.45. The van der Waals surface area contributed by atoms with E-state index in [1.165, 1.54) is 37.7 Å². The van der Waals surface area contributed by atoms with Crippen molar-refractivity contribution in [3.05, 3.63) is 29.8 Å². The molecule has 0 radical (unpaired) electrons. The molecule has 1 amide bonds. The molecular weight excluding hydrogens is 248 g/mol. The first kappa shape index (κ1) is 15.0. The molecule has 1 unspecified atom stereocenters. The van der Waals surface area contributed by atoms with Gasteiger partial charge in [-0.3, -0.25) is 4.79 Å². The summed E-state index contributed by atoms with van der Waals surface area (Å²) in [5, 5.41) is 2.93. The zero-order chi connectivity index (χ0) is 14.4. The van der Waals surface area contributed by atoms with E-state index in [-0.39, 0.29) is 11.9 Å². The monoisotopic (exact) mass is 274 g/mol. The number of hydrogen-bond acceptors (Lipinski definition) is 2. The van der Waals surface area contributed by atoms with Crippen molar-refractivity contribution < 1.29 is 4.79 Å². The molecule has 20 heavy (non-hydrogen) atoms. The number of hydrogen-bond donors (Lipinski definition) is 2. The predicted molar refractivity (Wildman–Crippen MR) is 83.6 cm³/mol. The molecule has 1 aliphatic carbocycles. The van der Waals surface area contributed by atoms with E-state index in [0.717, 1.165) is 12.1 Å². The summed E-state index contributed by atoms with van der Waals surface area (Å²) in [4.78, 5) is 11.9. The number of anilines is 1. The molecule has 2 rings (SSSR count). The van der Waals surface area contributed by atoms with Gasteiger partial charge < -0.3 is 11.1 Å². The van der Waals surface area contributed by atoms with Crippen LogP contribution >= 0.6 is 0 Å². The van der Waals surface area contributed by atoms with Crippen LogP contribution in [0.15, 0.2) is 24.3 Å². The molecule has 1 atom stereocenters. The van der Waals surface area contributed by atoms with Crippen molar-refractivity contribution in [3.63, 3.8) is 0 Å². The maximum Gasteiger partial charge on any atom is 0.225 e. The molecule has 110 valence electrons. The second-order valence-electron chi connectivity index (χ2n) is 5.91. The van der Waals surface area contributed by atoms with Gasteiger partial charge in [0.25, 0.3) is 0 Å². The maximum atomic E-state index is 11.9. The molecule has 1 aromatic rings. The van der Waals surface area contributed by atoms with Crippen LogP contribution in [0.25, 0.3) is 0 Å². The predicted octanol–water partition coefficient (Wildman–Crippen LogP) is 3.49. The first-order chi connectivity index (χ1) is 9.69. The summed E-state index contributed by atoms with van der Waals surface area (Å²) in [7, 11) is 0. The summed E-state index contributed by atoms with van der Waals surface area (Å²) in [6.45, 7) is 2.21. The van der Waals surface area contributed by atoms with E-state index in [9.17, 15) is 4.79 Å². The standard InChI is InChI=1S/C17H26N2O/c1-2-3-4-5-13-6-10-15(11-7-13)19-17(20)12-16(18)14-8-9-14/h6-7,10-11,14,16H,2-5,8-9,12,18H2,1H3,(H,19,20). The Morgan fingerprint density at radius 1 is 1.30 bits per heavy atom. The van der Waals surface area contributed by atoms with Gasteiger partial charge in [-0.15, -0.1) is 0 Å². The van der Waals surface area contributed by atoms with Crippen molar-refractivity contribution >= 4 is 11.6 Å². The van der Waals surface area contributed by atoms with Gasteiger partial charge in [-0.05, 0) is 49.3 Å². The average molecular weight is 274 g/mol. The van der Waals surface area contributed by atoms with Crippen LogP contribution in [0.3, 0.4) is 0 Å². The normalized spacial score (nSPS) is 15.9. The highest BCUT2D eigenvalue weighted by Gasteiger charge is 2.29. The Morgan fingerprint density at radius 2 is 2.00 bits per heavy atom. The molecule has 3 N–H and O–H groups in total. The third-order valence-corrected chi connectivity index (χ3v) is 3.96. The van der Waals surface area contributed by atoms with E-state index < -0.39 is 0 Å². The van der Waals surface area contributed by atoms with E-state index in [1.807, 2.05) is 12.1 Å². The summed E-state index contributed by atoms with van der Waals surface area (Å²) in [5.74, 6) is 0.602. The van der Waals surface area contributed by atoms with Crippen LogP contribution in [-0.4, -0.2) is 11.9 Å². The zero-order valence-corrected chi connectivity index (χ0v) is 12.4. The number of aryl methyl sites for hydroxylation is 1. The largest absolute Gasteiger partial charge is 0.327 e. The summed E-state index contributed by atoms with van der Waals surface area (Å²) in [5.41, 5.74) is 8.18. The van der Waals surface area contributed by atoms with Crippen molar-refractivity contribution in [1.82, 2.24) is 0 Å². The van der Waals surface area contributed by atoms with E-state index in [1.54, 1.807) is 0 Å². The van der Waals surface area contributed by atoms with Crippen molar-refractivity contribution in [1.29, 1.82) is 0 Å². The van der Waals surface area contributed by atoms with Gasteiger partial charge in [0.05, 0.1) is 0 Å².